The van der Waals surface area contributed by atoms with Crippen molar-refractivity contribution >= 4 is 11.8 Å². The number of carbonyl (C=O) groups is 2. The van der Waals surface area contributed by atoms with E-state index in [4.69, 9.17) is 0 Å². The molecule has 2 amide bonds. The molecule has 0 aromatic carbocycles. The maximum atomic E-state index is 11.5. The summed E-state index contributed by atoms with van der Waals surface area (Å²) >= 11 is 0. The van der Waals surface area contributed by atoms with Crippen LogP contribution in [-0.2, 0) is 9.59 Å². The molecule has 18 heavy (non-hydrogen) atoms. The fourth-order valence-electron chi connectivity index (χ4n) is 1.51. The molecule has 0 aromatic heterocycles. The van der Waals surface area contributed by atoms with Gasteiger partial charge in [0, 0.05) is 19.0 Å². The van der Waals surface area contributed by atoms with Gasteiger partial charge in [-0.15, -0.1) is 6.58 Å². The van der Waals surface area contributed by atoms with Crippen molar-refractivity contribution in [2.45, 2.75) is 44.7 Å². The molecule has 0 heterocycles. The molecule has 0 spiro atoms. The molecule has 5 heteroatoms. The van der Waals surface area contributed by atoms with Gasteiger partial charge in [-0.3, -0.25) is 9.59 Å². The van der Waals surface area contributed by atoms with E-state index in [0.29, 0.717) is 25.6 Å². The summed E-state index contributed by atoms with van der Waals surface area (Å²) in [5.41, 5.74) is 0. The predicted octanol–water partition coefficient (Wildman–Crippen LogP) is 0.326. The molecule has 0 bridgehead atoms. The van der Waals surface area contributed by atoms with Crippen LogP contribution < -0.4 is 16.0 Å². The summed E-state index contributed by atoms with van der Waals surface area (Å²) in [6, 6.07) is 0.186. The van der Waals surface area contributed by atoms with Crippen molar-refractivity contribution in [2.24, 2.45) is 0 Å². The first-order chi connectivity index (χ1) is 8.63. The number of hydrogen-bond donors (Lipinski definition) is 3. The molecule has 3 N–H and O–H groups in total. The van der Waals surface area contributed by atoms with Crippen LogP contribution in [0.15, 0.2) is 12.7 Å². The first kappa shape index (κ1) is 14.7. The van der Waals surface area contributed by atoms with Gasteiger partial charge in [0.25, 0.3) is 0 Å². The van der Waals surface area contributed by atoms with E-state index in [2.05, 4.69) is 22.5 Å². The van der Waals surface area contributed by atoms with Gasteiger partial charge in [0.1, 0.15) is 0 Å². The highest BCUT2D eigenvalue weighted by molar-refractivity contribution is 5.81. The molecule has 0 aromatic rings. The van der Waals surface area contributed by atoms with Gasteiger partial charge in [0.2, 0.25) is 11.8 Å². The molecule has 1 aliphatic rings. The lowest BCUT2D eigenvalue weighted by atomic mass is 10.2. The molecule has 5 nitrogen and oxygen atoms in total. The van der Waals surface area contributed by atoms with E-state index in [1.807, 2.05) is 6.92 Å². The van der Waals surface area contributed by atoms with Gasteiger partial charge in [-0.05, 0) is 32.7 Å². The van der Waals surface area contributed by atoms with E-state index in [-0.39, 0.29) is 17.9 Å². The average molecular weight is 253 g/mol. The minimum atomic E-state index is -0.239. The van der Waals surface area contributed by atoms with Gasteiger partial charge in [-0.25, -0.2) is 0 Å². The van der Waals surface area contributed by atoms with E-state index in [1.54, 1.807) is 6.08 Å². The fourth-order valence-corrected chi connectivity index (χ4v) is 1.51. The van der Waals surface area contributed by atoms with E-state index in [1.165, 1.54) is 0 Å². The maximum Gasteiger partial charge on any atom is 0.237 e. The Hall–Kier alpha value is -1.36. The van der Waals surface area contributed by atoms with Gasteiger partial charge < -0.3 is 16.0 Å². The number of hydrogen-bond acceptors (Lipinski definition) is 3. The van der Waals surface area contributed by atoms with Crippen molar-refractivity contribution in [3.63, 3.8) is 0 Å². The second-order valence-electron chi connectivity index (χ2n) is 4.65. The van der Waals surface area contributed by atoms with E-state index < -0.39 is 0 Å². The SMILES string of the molecule is C=CCNC(=O)C(C)NCCCC(=O)NC1CC1. The third-order valence-electron chi connectivity index (χ3n) is 2.79. The van der Waals surface area contributed by atoms with Crippen molar-refractivity contribution < 1.29 is 9.59 Å². The number of nitrogens with one attached hydrogen (secondary N) is 3. The molecule has 1 unspecified atom stereocenters. The third-order valence-corrected chi connectivity index (χ3v) is 2.79. The second-order valence-corrected chi connectivity index (χ2v) is 4.65. The van der Waals surface area contributed by atoms with Crippen molar-refractivity contribution in [3.05, 3.63) is 12.7 Å². The Morgan fingerprint density at radius 3 is 2.78 bits per heavy atom. The first-order valence-corrected chi connectivity index (χ1v) is 6.55. The van der Waals surface area contributed by atoms with Gasteiger partial charge in [-0.2, -0.15) is 0 Å². The Bertz CT molecular complexity index is 301. The van der Waals surface area contributed by atoms with Gasteiger partial charge in [-0.1, -0.05) is 6.08 Å². The Morgan fingerprint density at radius 2 is 2.17 bits per heavy atom. The number of amides is 2. The van der Waals surface area contributed by atoms with Crippen LogP contribution in [0.25, 0.3) is 0 Å². The van der Waals surface area contributed by atoms with Crippen LogP contribution >= 0.6 is 0 Å². The van der Waals surface area contributed by atoms with E-state index >= 15 is 0 Å². The fraction of sp³-hybridized carbons (Fsp3) is 0.692. The van der Waals surface area contributed by atoms with E-state index in [9.17, 15) is 9.59 Å². The Kier molecular flexibility index (Phi) is 6.43. The Morgan fingerprint density at radius 1 is 1.44 bits per heavy atom. The summed E-state index contributed by atoms with van der Waals surface area (Å²) in [5.74, 6) is 0.0698. The third kappa shape index (κ3) is 6.39. The van der Waals surface area contributed by atoms with Crippen molar-refractivity contribution in [1.29, 1.82) is 0 Å². The summed E-state index contributed by atoms with van der Waals surface area (Å²) < 4.78 is 0. The monoisotopic (exact) mass is 253 g/mol. The van der Waals surface area contributed by atoms with Crippen LogP contribution in [0, 0.1) is 0 Å². The molecule has 0 radical (unpaired) electrons. The standard InChI is InChI=1S/C13H23N3O2/c1-3-8-15-13(18)10(2)14-9-4-5-12(17)16-11-6-7-11/h3,10-11,14H,1,4-9H2,2H3,(H,15,18)(H,16,17). The Balaban J connectivity index is 1.99. The minimum absolute atomic E-state index is 0.0441. The second kappa shape index (κ2) is 7.87. The molecule has 102 valence electrons. The molecule has 1 saturated carbocycles. The lowest BCUT2D eigenvalue weighted by Crippen LogP contribution is -2.42. The minimum Gasteiger partial charge on any atom is -0.353 e. The van der Waals surface area contributed by atoms with Crippen LogP contribution in [0.3, 0.4) is 0 Å². The normalized spacial score (nSPS) is 15.8. The lowest BCUT2D eigenvalue weighted by molar-refractivity contribution is -0.122. The molecule has 1 aliphatic carbocycles. The molecule has 1 rings (SSSR count). The number of rotatable bonds is 9. The molecule has 0 saturated heterocycles. The van der Waals surface area contributed by atoms with Gasteiger partial charge in [0.15, 0.2) is 0 Å². The quantitative estimate of drug-likeness (QED) is 0.409. The maximum absolute atomic E-state index is 11.5. The lowest BCUT2D eigenvalue weighted by Gasteiger charge is -2.13. The number of carbonyl (C=O) groups excluding carboxylic acids is 2. The summed E-state index contributed by atoms with van der Waals surface area (Å²) in [5, 5.41) is 8.74. The summed E-state index contributed by atoms with van der Waals surface area (Å²) in [6.07, 6.45) is 5.14. The van der Waals surface area contributed by atoms with Gasteiger partial charge in [0.05, 0.1) is 6.04 Å². The van der Waals surface area contributed by atoms with Crippen LogP contribution in [-0.4, -0.2) is 37.0 Å². The Labute approximate surface area is 108 Å². The molecular weight excluding hydrogens is 230 g/mol. The zero-order valence-electron chi connectivity index (χ0n) is 11.0. The first-order valence-electron chi connectivity index (χ1n) is 6.55. The summed E-state index contributed by atoms with van der Waals surface area (Å²) in [4.78, 5) is 22.9. The van der Waals surface area contributed by atoms with Crippen molar-refractivity contribution in [2.75, 3.05) is 13.1 Å². The molecule has 1 fully saturated rings. The largest absolute Gasteiger partial charge is 0.353 e. The van der Waals surface area contributed by atoms with Crippen molar-refractivity contribution in [3.8, 4) is 0 Å². The van der Waals surface area contributed by atoms with Crippen LogP contribution in [0.4, 0.5) is 0 Å². The van der Waals surface area contributed by atoms with Crippen molar-refractivity contribution in [1.82, 2.24) is 16.0 Å². The van der Waals surface area contributed by atoms with Gasteiger partial charge >= 0.3 is 0 Å². The van der Waals surface area contributed by atoms with Crippen LogP contribution in [0.1, 0.15) is 32.6 Å². The highest BCUT2D eigenvalue weighted by atomic mass is 16.2. The topological polar surface area (TPSA) is 70.2 Å². The molecule has 0 aliphatic heterocycles. The summed E-state index contributed by atoms with van der Waals surface area (Å²) in [7, 11) is 0. The smallest absolute Gasteiger partial charge is 0.237 e. The van der Waals surface area contributed by atoms with E-state index in [0.717, 1.165) is 19.3 Å². The zero-order valence-corrected chi connectivity index (χ0v) is 11.0. The predicted molar refractivity (Wildman–Crippen MR) is 71.1 cm³/mol. The highest BCUT2D eigenvalue weighted by Gasteiger charge is 2.22. The molecule has 1 atom stereocenters. The molecular formula is C13H23N3O2. The highest BCUT2D eigenvalue weighted by Crippen LogP contribution is 2.18. The zero-order chi connectivity index (χ0) is 13.4. The van der Waals surface area contributed by atoms with Crippen LogP contribution in [0.2, 0.25) is 0 Å². The van der Waals surface area contributed by atoms with Crippen LogP contribution in [0.5, 0.6) is 0 Å². The average Bonchev–Trinajstić information content (AvgIpc) is 3.15. The summed E-state index contributed by atoms with van der Waals surface area (Å²) in [6.45, 7) is 6.49.